The minimum atomic E-state index is -3.46. The van der Waals surface area contributed by atoms with E-state index in [1.54, 1.807) is 6.92 Å². The molecule has 0 spiro atoms. The van der Waals surface area contributed by atoms with E-state index in [2.05, 4.69) is 4.99 Å². The van der Waals surface area contributed by atoms with Crippen molar-refractivity contribution < 1.29 is 17.5 Å². The third-order valence-corrected chi connectivity index (χ3v) is 3.80. The molecule has 0 bridgehead atoms. The molecule has 0 amide bonds. The van der Waals surface area contributed by atoms with E-state index in [4.69, 9.17) is 5.11 Å². The van der Waals surface area contributed by atoms with Crippen molar-refractivity contribution in [2.75, 3.05) is 27.2 Å². The topological polar surface area (TPSA) is 73.0 Å². The molecule has 0 aromatic rings. The van der Waals surface area contributed by atoms with Crippen LogP contribution in [0.15, 0.2) is 4.99 Å². The van der Waals surface area contributed by atoms with Crippen molar-refractivity contribution in [1.82, 2.24) is 4.31 Å². The molecular weight excluding hydrogens is 206 g/mol. The second-order valence-corrected chi connectivity index (χ2v) is 5.25. The Morgan fingerprint density at radius 1 is 1.57 bits per heavy atom. The predicted octanol–water partition coefficient (Wildman–Crippen LogP) is -1.33. The smallest absolute Gasteiger partial charge is 0.375 e. The van der Waals surface area contributed by atoms with Crippen LogP contribution < -0.4 is 0 Å². The first-order chi connectivity index (χ1) is 6.39. The van der Waals surface area contributed by atoms with Gasteiger partial charge in [-0.3, -0.25) is 0 Å². The lowest BCUT2D eigenvalue weighted by Crippen LogP contribution is -2.36. The highest BCUT2D eigenvalue weighted by molar-refractivity contribution is 7.83. The third kappa shape index (κ3) is 1.84. The molecule has 1 rings (SSSR count). The second kappa shape index (κ2) is 3.76. The normalized spacial score (nSPS) is 17.9. The summed E-state index contributed by atoms with van der Waals surface area (Å²) in [6, 6.07) is 0. The van der Waals surface area contributed by atoms with Gasteiger partial charge in [-0.1, -0.05) is 0 Å². The molecule has 0 radical (unpaired) electrons. The van der Waals surface area contributed by atoms with Crippen LogP contribution in [-0.2, 0) is 10.2 Å². The third-order valence-electron chi connectivity index (χ3n) is 1.93. The predicted molar refractivity (Wildman–Crippen MR) is 52.9 cm³/mol. The molecule has 0 saturated carbocycles. The molecule has 0 atom stereocenters. The van der Waals surface area contributed by atoms with Crippen molar-refractivity contribution in [3.05, 3.63) is 0 Å². The summed E-state index contributed by atoms with van der Waals surface area (Å²) in [6.07, 6.45) is 0. The molecule has 1 heterocycles. The van der Waals surface area contributed by atoms with Crippen LogP contribution in [0.3, 0.4) is 0 Å². The number of rotatable bonds is 3. The molecule has 1 aliphatic rings. The zero-order valence-corrected chi connectivity index (χ0v) is 9.24. The summed E-state index contributed by atoms with van der Waals surface area (Å²) in [5, 5.41) is 8.83. The van der Waals surface area contributed by atoms with E-state index in [0.717, 1.165) is 4.31 Å². The summed E-state index contributed by atoms with van der Waals surface area (Å²) >= 11 is 0. The summed E-state index contributed by atoms with van der Waals surface area (Å²) in [7, 11) is -0.549. The first-order valence-electron chi connectivity index (χ1n) is 4.10. The summed E-state index contributed by atoms with van der Waals surface area (Å²) < 4.78 is 25.6. The average Bonchev–Trinajstić information content (AvgIpc) is 2.47. The van der Waals surface area contributed by atoms with Gasteiger partial charge < -0.3 is 5.11 Å². The van der Waals surface area contributed by atoms with Gasteiger partial charge in [0.25, 0.3) is 0 Å². The van der Waals surface area contributed by atoms with E-state index >= 15 is 0 Å². The maximum absolute atomic E-state index is 11.7. The number of amidine groups is 1. The lowest BCUT2D eigenvalue weighted by Gasteiger charge is -2.09. The molecule has 7 heteroatoms. The maximum atomic E-state index is 11.7. The fourth-order valence-electron chi connectivity index (χ4n) is 1.13. The Hall–Kier alpha value is -0.790. The second-order valence-electron chi connectivity index (χ2n) is 3.18. The standard InChI is InChI=1S/C7H14N3O3S/c1-6-8-7(5-11)4-10(6)14(12,13)9(2)3/h11H,4-5H2,1-3H3/q+1. The Kier molecular flexibility index (Phi) is 3.03. The van der Waals surface area contributed by atoms with E-state index in [-0.39, 0.29) is 13.2 Å². The number of aliphatic hydroxyl groups excluding tert-OH is 1. The number of hydrogen-bond donors (Lipinski definition) is 1. The van der Waals surface area contributed by atoms with E-state index < -0.39 is 10.2 Å². The first kappa shape index (κ1) is 11.3. The molecule has 14 heavy (non-hydrogen) atoms. The molecule has 0 aliphatic carbocycles. The average molecular weight is 220 g/mol. The van der Waals surface area contributed by atoms with Crippen LogP contribution in [-0.4, -0.2) is 60.6 Å². The molecule has 0 fully saturated rings. The highest BCUT2D eigenvalue weighted by Gasteiger charge is 2.33. The molecule has 1 aliphatic heterocycles. The minimum absolute atomic E-state index is 0.142. The molecule has 0 saturated heterocycles. The van der Waals surface area contributed by atoms with Crippen molar-refractivity contribution in [2.45, 2.75) is 6.92 Å². The van der Waals surface area contributed by atoms with Crippen molar-refractivity contribution in [3.63, 3.8) is 0 Å². The van der Waals surface area contributed by atoms with E-state index in [0.29, 0.717) is 11.5 Å². The Morgan fingerprint density at radius 2 is 2.14 bits per heavy atom. The zero-order valence-electron chi connectivity index (χ0n) is 8.43. The van der Waals surface area contributed by atoms with Crippen LogP contribution in [0, 0.1) is 0 Å². The fraction of sp³-hybridized carbons (Fsp3) is 0.714. The van der Waals surface area contributed by atoms with Gasteiger partial charge in [-0.25, -0.2) is 0 Å². The van der Waals surface area contributed by atoms with Crippen LogP contribution in [0.4, 0.5) is 0 Å². The van der Waals surface area contributed by atoms with Gasteiger partial charge in [-0.2, -0.15) is 12.7 Å². The van der Waals surface area contributed by atoms with Gasteiger partial charge in [0.2, 0.25) is 0 Å². The highest BCUT2D eigenvalue weighted by Crippen LogP contribution is 2.05. The van der Waals surface area contributed by atoms with Gasteiger partial charge in [0.15, 0.2) is 12.3 Å². The van der Waals surface area contributed by atoms with Crippen molar-refractivity contribution in [3.8, 4) is 0 Å². The molecular formula is C7H14N3O3S+. The van der Waals surface area contributed by atoms with Gasteiger partial charge in [0, 0.05) is 21.0 Å². The number of aliphatic hydroxyl groups is 1. The molecule has 0 aromatic carbocycles. The van der Waals surface area contributed by atoms with Crippen molar-refractivity contribution in [2.24, 2.45) is 4.99 Å². The van der Waals surface area contributed by atoms with Gasteiger partial charge in [0.05, 0.1) is 0 Å². The lowest BCUT2D eigenvalue weighted by molar-refractivity contribution is -0.349. The summed E-state index contributed by atoms with van der Waals surface area (Å²) in [4.78, 5) is 3.94. The maximum Gasteiger partial charge on any atom is 0.375 e. The van der Waals surface area contributed by atoms with E-state index in [9.17, 15) is 8.42 Å². The lowest BCUT2D eigenvalue weighted by atomic mass is 10.4. The summed E-state index contributed by atoms with van der Waals surface area (Å²) in [6.45, 7) is 1.53. The van der Waals surface area contributed by atoms with Gasteiger partial charge in [-0.15, -0.1) is 3.98 Å². The van der Waals surface area contributed by atoms with Crippen LogP contribution in [0.5, 0.6) is 0 Å². The van der Waals surface area contributed by atoms with Crippen LogP contribution in [0.25, 0.3) is 0 Å². The first-order valence-corrected chi connectivity index (χ1v) is 5.50. The number of aliphatic imine (C=N–C) groups is 1. The van der Waals surface area contributed by atoms with E-state index in [1.165, 1.54) is 18.1 Å². The SMILES string of the molecule is CC1=[N+](S(=O)(=O)N(C)C)CC(CO)=N1. The Labute approximate surface area is 83.4 Å². The number of hydrogen-bond acceptors (Lipinski definition) is 4. The summed E-state index contributed by atoms with van der Waals surface area (Å²) in [5.41, 5.74) is 0.466. The van der Waals surface area contributed by atoms with E-state index in [1.807, 2.05) is 0 Å². The molecule has 0 unspecified atom stereocenters. The Balaban J connectivity index is 3.02. The summed E-state index contributed by atoms with van der Waals surface area (Å²) in [5.74, 6) is 0.391. The Morgan fingerprint density at radius 3 is 2.50 bits per heavy atom. The highest BCUT2D eigenvalue weighted by atomic mass is 32.2. The zero-order chi connectivity index (χ0) is 10.9. The van der Waals surface area contributed by atoms with Gasteiger partial charge in [0.1, 0.15) is 6.61 Å². The van der Waals surface area contributed by atoms with Crippen LogP contribution in [0.1, 0.15) is 6.92 Å². The number of nitrogens with zero attached hydrogens (tertiary/aromatic N) is 3. The van der Waals surface area contributed by atoms with Gasteiger partial charge in [-0.05, 0) is 4.99 Å². The monoisotopic (exact) mass is 220 g/mol. The fourth-order valence-corrected chi connectivity index (χ4v) is 2.21. The van der Waals surface area contributed by atoms with Crippen LogP contribution in [0.2, 0.25) is 0 Å². The van der Waals surface area contributed by atoms with Gasteiger partial charge >= 0.3 is 16.0 Å². The van der Waals surface area contributed by atoms with Crippen LogP contribution >= 0.6 is 0 Å². The largest absolute Gasteiger partial charge is 0.388 e. The van der Waals surface area contributed by atoms with Crippen molar-refractivity contribution in [1.29, 1.82) is 0 Å². The molecule has 0 aromatic heterocycles. The molecule has 80 valence electrons. The van der Waals surface area contributed by atoms with Crippen molar-refractivity contribution >= 4 is 21.8 Å². The minimum Gasteiger partial charge on any atom is -0.388 e. The molecule has 6 nitrogen and oxygen atoms in total. The quantitative estimate of drug-likeness (QED) is 0.599. The Bertz CT molecular complexity index is 394. The molecule has 1 N–H and O–H groups in total.